The molecule has 1 amide bonds. The second-order valence-electron chi connectivity index (χ2n) is 7.23. The lowest BCUT2D eigenvalue weighted by Gasteiger charge is -2.12. The lowest BCUT2D eigenvalue weighted by molar-refractivity contribution is -0.117. The zero-order valence-corrected chi connectivity index (χ0v) is 15.5. The van der Waals surface area contributed by atoms with E-state index in [1.807, 2.05) is 30.3 Å². The zero-order chi connectivity index (χ0) is 19.1. The molecule has 3 aromatic carbocycles. The Morgan fingerprint density at radius 3 is 2.61 bits per heavy atom. The molecule has 2 aliphatic heterocycles. The van der Waals surface area contributed by atoms with Crippen molar-refractivity contribution in [3.8, 4) is 11.5 Å². The van der Waals surface area contributed by atoms with E-state index >= 15 is 0 Å². The topological polar surface area (TPSA) is 59.6 Å². The van der Waals surface area contributed by atoms with Gasteiger partial charge in [-0.05, 0) is 66.9 Å². The molecule has 140 valence electrons. The Balaban J connectivity index is 1.40. The minimum Gasteiger partial charge on any atom is -0.454 e. The van der Waals surface area contributed by atoms with E-state index in [4.69, 9.17) is 9.47 Å². The van der Waals surface area contributed by atoms with Gasteiger partial charge in [-0.15, -0.1) is 0 Å². The number of hydrogen-bond acceptors (Lipinski definition) is 4. The van der Waals surface area contributed by atoms with E-state index < -0.39 is 0 Å². The third-order valence-electron chi connectivity index (χ3n) is 5.22. The highest BCUT2D eigenvalue weighted by molar-refractivity contribution is 6.03. The molecule has 0 aliphatic carbocycles. The van der Waals surface area contributed by atoms with Gasteiger partial charge in [-0.3, -0.25) is 4.79 Å². The highest BCUT2D eigenvalue weighted by Crippen LogP contribution is 2.39. The predicted octanol–water partition coefficient (Wildman–Crippen LogP) is 4.75. The van der Waals surface area contributed by atoms with Crippen LogP contribution in [-0.2, 0) is 11.2 Å². The van der Waals surface area contributed by atoms with Crippen LogP contribution < -0.4 is 20.1 Å². The molecule has 0 saturated carbocycles. The Hall–Kier alpha value is -3.47. The summed E-state index contributed by atoms with van der Waals surface area (Å²) < 4.78 is 10.8. The maximum absolute atomic E-state index is 12.6. The van der Waals surface area contributed by atoms with Gasteiger partial charge in [-0.2, -0.15) is 0 Å². The third kappa shape index (κ3) is 3.05. The number of aryl methyl sites for hydroxylation is 1. The number of rotatable bonds is 4. The van der Waals surface area contributed by atoms with Gasteiger partial charge in [0, 0.05) is 17.1 Å². The van der Waals surface area contributed by atoms with Crippen LogP contribution in [-0.4, -0.2) is 12.7 Å². The second kappa shape index (κ2) is 6.60. The molecule has 2 aliphatic rings. The Morgan fingerprint density at radius 1 is 0.964 bits per heavy atom. The van der Waals surface area contributed by atoms with Crippen molar-refractivity contribution in [3.05, 3.63) is 77.4 Å². The standard InChI is InChI=1S/C23H20N2O3/c1-14-2-5-16(6-3-14)24-17-7-8-20-18(12-17)19(23(26)25-20)10-15-4-9-21-22(11-15)28-13-27-21/h2-9,11-12,19,24H,10,13H2,1H3,(H,25,26). The summed E-state index contributed by atoms with van der Waals surface area (Å²) in [6.45, 7) is 2.32. The Bertz CT molecular complexity index is 1060. The second-order valence-corrected chi connectivity index (χ2v) is 7.23. The molecule has 0 saturated heterocycles. The molecule has 2 N–H and O–H groups in total. The summed E-state index contributed by atoms with van der Waals surface area (Å²) in [5.74, 6) is 1.30. The van der Waals surface area contributed by atoms with Crippen LogP contribution in [0.3, 0.4) is 0 Å². The summed E-state index contributed by atoms with van der Waals surface area (Å²) in [6.07, 6.45) is 0.615. The number of carbonyl (C=O) groups is 1. The monoisotopic (exact) mass is 372 g/mol. The highest BCUT2D eigenvalue weighted by atomic mass is 16.7. The van der Waals surface area contributed by atoms with E-state index in [2.05, 4.69) is 47.9 Å². The Labute approximate surface area is 163 Å². The van der Waals surface area contributed by atoms with Crippen molar-refractivity contribution in [2.75, 3.05) is 17.4 Å². The fourth-order valence-electron chi connectivity index (χ4n) is 3.71. The molecule has 0 fully saturated rings. The van der Waals surface area contributed by atoms with Crippen LogP contribution in [0.15, 0.2) is 60.7 Å². The van der Waals surface area contributed by atoms with E-state index in [0.29, 0.717) is 6.42 Å². The predicted molar refractivity (Wildman–Crippen MR) is 109 cm³/mol. The third-order valence-corrected chi connectivity index (χ3v) is 5.22. The first-order chi connectivity index (χ1) is 13.7. The van der Waals surface area contributed by atoms with Gasteiger partial charge in [0.1, 0.15) is 0 Å². The number of hydrogen-bond donors (Lipinski definition) is 2. The van der Waals surface area contributed by atoms with Gasteiger partial charge in [0.2, 0.25) is 12.7 Å². The number of fused-ring (bicyclic) bond motifs is 2. The molecular weight excluding hydrogens is 352 g/mol. The van der Waals surface area contributed by atoms with E-state index in [1.165, 1.54) is 5.56 Å². The number of benzene rings is 3. The lowest BCUT2D eigenvalue weighted by Crippen LogP contribution is -2.14. The number of nitrogens with one attached hydrogen (secondary N) is 2. The van der Waals surface area contributed by atoms with Gasteiger partial charge in [-0.1, -0.05) is 23.8 Å². The van der Waals surface area contributed by atoms with Crippen LogP contribution >= 0.6 is 0 Å². The fourth-order valence-corrected chi connectivity index (χ4v) is 3.71. The number of carbonyl (C=O) groups excluding carboxylic acids is 1. The fraction of sp³-hybridized carbons (Fsp3) is 0.174. The van der Waals surface area contributed by atoms with Crippen LogP contribution in [0.1, 0.15) is 22.6 Å². The normalized spacial score (nSPS) is 16.6. The summed E-state index contributed by atoms with van der Waals surface area (Å²) in [5, 5.41) is 6.41. The largest absolute Gasteiger partial charge is 0.454 e. The molecular formula is C23H20N2O3. The minimum atomic E-state index is -0.227. The lowest BCUT2D eigenvalue weighted by atomic mass is 9.92. The van der Waals surface area contributed by atoms with Crippen molar-refractivity contribution >= 4 is 23.0 Å². The highest BCUT2D eigenvalue weighted by Gasteiger charge is 2.31. The molecule has 5 nitrogen and oxygen atoms in total. The first-order valence-electron chi connectivity index (χ1n) is 9.33. The van der Waals surface area contributed by atoms with Gasteiger partial charge < -0.3 is 20.1 Å². The number of anilines is 3. The van der Waals surface area contributed by atoms with E-state index in [0.717, 1.165) is 39.7 Å². The van der Waals surface area contributed by atoms with Gasteiger partial charge in [0.05, 0.1) is 5.92 Å². The molecule has 5 rings (SSSR count). The molecule has 28 heavy (non-hydrogen) atoms. The van der Waals surface area contributed by atoms with E-state index in [9.17, 15) is 4.79 Å². The van der Waals surface area contributed by atoms with Crippen molar-refractivity contribution in [2.45, 2.75) is 19.3 Å². The average Bonchev–Trinajstić information content (AvgIpc) is 3.28. The minimum absolute atomic E-state index is 0.0279. The van der Waals surface area contributed by atoms with Crippen molar-refractivity contribution < 1.29 is 14.3 Å². The summed E-state index contributed by atoms with van der Waals surface area (Å²) in [4.78, 5) is 12.6. The molecule has 1 atom stereocenters. The van der Waals surface area contributed by atoms with Crippen molar-refractivity contribution in [1.82, 2.24) is 0 Å². The van der Waals surface area contributed by atoms with Crippen LogP contribution in [0.4, 0.5) is 17.1 Å². The molecule has 0 bridgehead atoms. The van der Waals surface area contributed by atoms with Gasteiger partial charge in [-0.25, -0.2) is 0 Å². The summed E-state index contributed by atoms with van der Waals surface area (Å²) in [6, 6.07) is 20.1. The van der Waals surface area contributed by atoms with Crippen LogP contribution in [0.25, 0.3) is 0 Å². The van der Waals surface area contributed by atoms with E-state index in [-0.39, 0.29) is 18.6 Å². The van der Waals surface area contributed by atoms with Crippen molar-refractivity contribution in [2.24, 2.45) is 0 Å². The van der Waals surface area contributed by atoms with Gasteiger partial charge >= 0.3 is 0 Å². The zero-order valence-electron chi connectivity index (χ0n) is 15.5. The first-order valence-corrected chi connectivity index (χ1v) is 9.33. The quantitative estimate of drug-likeness (QED) is 0.694. The molecule has 5 heteroatoms. The van der Waals surface area contributed by atoms with Crippen LogP contribution in [0.2, 0.25) is 0 Å². The maximum atomic E-state index is 12.6. The molecule has 3 aromatic rings. The van der Waals surface area contributed by atoms with E-state index in [1.54, 1.807) is 0 Å². The molecule has 0 radical (unpaired) electrons. The first kappa shape index (κ1) is 16.7. The van der Waals surface area contributed by atoms with Gasteiger partial charge in [0.25, 0.3) is 0 Å². The van der Waals surface area contributed by atoms with Crippen molar-refractivity contribution in [3.63, 3.8) is 0 Å². The molecule has 0 spiro atoms. The SMILES string of the molecule is Cc1ccc(Nc2ccc3c(c2)C(Cc2ccc4c(c2)OCO4)C(=O)N3)cc1. The van der Waals surface area contributed by atoms with Crippen molar-refractivity contribution in [1.29, 1.82) is 0 Å². The number of ether oxygens (including phenoxy) is 2. The molecule has 2 heterocycles. The Kier molecular flexibility index (Phi) is 3.93. The molecule has 1 unspecified atom stereocenters. The summed E-state index contributed by atoms with van der Waals surface area (Å²) in [5.41, 5.74) is 6.15. The van der Waals surface area contributed by atoms with Gasteiger partial charge in [0.15, 0.2) is 11.5 Å². The number of amides is 1. The maximum Gasteiger partial charge on any atom is 0.232 e. The molecule has 0 aromatic heterocycles. The summed E-state index contributed by atoms with van der Waals surface area (Å²) in [7, 11) is 0. The smallest absolute Gasteiger partial charge is 0.232 e. The van der Waals surface area contributed by atoms with Crippen LogP contribution in [0, 0.1) is 6.92 Å². The van der Waals surface area contributed by atoms with Crippen LogP contribution in [0.5, 0.6) is 11.5 Å². The average molecular weight is 372 g/mol. The Morgan fingerprint density at radius 2 is 1.75 bits per heavy atom. The summed E-state index contributed by atoms with van der Waals surface area (Å²) >= 11 is 0.